The minimum atomic E-state index is -3.04. The van der Waals surface area contributed by atoms with E-state index in [0.29, 0.717) is 17.5 Å². The van der Waals surface area contributed by atoms with E-state index in [1.807, 2.05) is 24.3 Å². The van der Waals surface area contributed by atoms with Crippen molar-refractivity contribution < 1.29 is 13.2 Å². The predicted molar refractivity (Wildman–Crippen MR) is 108 cm³/mol. The summed E-state index contributed by atoms with van der Waals surface area (Å²) in [5.41, 5.74) is 2.05. The fourth-order valence-electron chi connectivity index (χ4n) is 3.17. The summed E-state index contributed by atoms with van der Waals surface area (Å²) in [4.78, 5) is 14.3. The molecule has 0 saturated carbocycles. The van der Waals surface area contributed by atoms with E-state index < -0.39 is 15.1 Å². The molecule has 0 N–H and O–H groups in total. The van der Waals surface area contributed by atoms with Crippen LogP contribution in [0.3, 0.4) is 0 Å². The lowest BCUT2D eigenvalue weighted by Gasteiger charge is -2.26. The monoisotopic (exact) mass is 423 g/mol. The molecule has 2 atom stereocenters. The Balaban J connectivity index is 1.70. The molecule has 1 amide bonds. The van der Waals surface area contributed by atoms with Gasteiger partial charge in [0.2, 0.25) is 11.1 Å². The third kappa shape index (κ3) is 4.54. The molecule has 1 saturated heterocycles. The summed E-state index contributed by atoms with van der Waals surface area (Å²) in [6, 6.07) is 7.73. The van der Waals surface area contributed by atoms with E-state index in [4.69, 9.17) is 0 Å². The van der Waals surface area contributed by atoms with Gasteiger partial charge in [-0.05, 0) is 47.4 Å². The SMILES string of the molecule is CC(C)c1ccc(-n2nnnc2S[C@H](C)C(=O)N(C)[C@H]2CCS(=O)(=O)C2)cc1. The van der Waals surface area contributed by atoms with Crippen LogP contribution in [0.2, 0.25) is 0 Å². The molecule has 0 unspecified atom stereocenters. The third-order valence-corrected chi connectivity index (χ3v) is 7.75. The number of tetrazole rings is 1. The van der Waals surface area contributed by atoms with Gasteiger partial charge in [-0.15, -0.1) is 5.10 Å². The van der Waals surface area contributed by atoms with Crippen LogP contribution in [0.1, 0.15) is 38.7 Å². The number of aromatic nitrogens is 4. The van der Waals surface area contributed by atoms with Gasteiger partial charge in [-0.3, -0.25) is 4.79 Å². The lowest BCUT2D eigenvalue weighted by Crippen LogP contribution is -2.41. The summed E-state index contributed by atoms with van der Waals surface area (Å²) in [7, 11) is -1.37. The maximum atomic E-state index is 12.8. The Morgan fingerprint density at radius 1 is 1.25 bits per heavy atom. The summed E-state index contributed by atoms with van der Waals surface area (Å²) in [6.45, 7) is 6.05. The van der Waals surface area contributed by atoms with E-state index in [0.717, 1.165) is 5.69 Å². The van der Waals surface area contributed by atoms with Gasteiger partial charge >= 0.3 is 0 Å². The maximum absolute atomic E-state index is 12.8. The first-order valence-electron chi connectivity index (χ1n) is 9.20. The molecule has 1 aromatic heterocycles. The normalized spacial score (nSPS) is 19.7. The van der Waals surface area contributed by atoms with E-state index in [-0.39, 0.29) is 23.5 Å². The van der Waals surface area contributed by atoms with Crippen LogP contribution in [0.25, 0.3) is 5.69 Å². The molecule has 10 heteroatoms. The number of thioether (sulfide) groups is 1. The van der Waals surface area contributed by atoms with E-state index >= 15 is 0 Å². The number of carbonyl (C=O) groups is 1. The summed E-state index contributed by atoms with van der Waals surface area (Å²) < 4.78 is 25.0. The molecule has 2 aromatic rings. The van der Waals surface area contributed by atoms with E-state index in [1.165, 1.54) is 17.3 Å². The first kappa shape index (κ1) is 20.8. The van der Waals surface area contributed by atoms with E-state index in [2.05, 4.69) is 29.4 Å². The van der Waals surface area contributed by atoms with Crippen LogP contribution < -0.4 is 0 Å². The molecule has 28 heavy (non-hydrogen) atoms. The predicted octanol–water partition coefficient (Wildman–Crippen LogP) is 1.91. The van der Waals surface area contributed by atoms with E-state index in [9.17, 15) is 13.2 Å². The molecule has 1 aliphatic rings. The van der Waals surface area contributed by atoms with Crippen LogP contribution in [0.5, 0.6) is 0 Å². The van der Waals surface area contributed by atoms with Crippen molar-refractivity contribution in [3.05, 3.63) is 29.8 Å². The van der Waals surface area contributed by atoms with Gasteiger partial charge < -0.3 is 4.90 Å². The molecule has 1 fully saturated rings. The zero-order valence-corrected chi connectivity index (χ0v) is 18.1. The topological polar surface area (TPSA) is 98.1 Å². The standard InChI is InChI=1S/C18H25N5O3S2/c1-12(2)14-5-7-15(8-6-14)23-18(19-20-21-23)27-13(3)17(24)22(4)16-9-10-28(25,26)11-16/h5-8,12-13,16H,9-11H2,1-4H3/t13-,16+/m1/s1. The zero-order chi connectivity index (χ0) is 20.5. The van der Waals surface area contributed by atoms with Gasteiger partial charge in [0, 0.05) is 13.1 Å². The van der Waals surface area contributed by atoms with Gasteiger partial charge in [-0.2, -0.15) is 4.68 Å². The molecule has 2 heterocycles. The van der Waals surface area contributed by atoms with Crippen molar-refractivity contribution in [2.24, 2.45) is 0 Å². The molecule has 1 aromatic carbocycles. The largest absolute Gasteiger partial charge is 0.341 e. The number of hydrogen-bond donors (Lipinski definition) is 0. The summed E-state index contributed by atoms with van der Waals surface area (Å²) in [5.74, 6) is 0.481. The highest BCUT2D eigenvalue weighted by molar-refractivity contribution is 8.00. The van der Waals surface area contributed by atoms with Crippen molar-refractivity contribution >= 4 is 27.5 Å². The second-order valence-corrected chi connectivity index (χ2v) is 10.9. The molecule has 0 radical (unpaired) electrons. The molecule has 8 nitrogen and oxygen atoms in total. The number of hydrogen-bond acceptors (Lipinski definition) is 7. The van der Waals surface area contributed by atoms with Crippen molar-refractivity contribution in [1.29, 1.82) is 0 Å². The molecule has 0 bridgehead atoms. The van der Waals surface area contributed by atoms with Gasteiger partial charge in [-0.25, -0.2) is 8.42 Å². The van der Waals surface area contributed by atoms with Gasteiger partial charge in [-0.1, -0.05) is 37.7 Å². The number of amides is 1. The van der Waals surface area contributed by atoms with Crippen molar-refractivity contribution in [3.8, 4) is 5.69 Å². The maximum Gasteiger partial charge on any atom is 0.235 e. The Morgan fingerprint density at radius 3 is 2.50 bits per heavy atom. The average molecular weight is 424 g/mol. The zero-order valence-electron chi connectivity index (χ0n) is 16.4. The summed E-state index contributed by atoms with van der Waals surface area (Å²) >= 11 is 1.26. The number of rotatable bonds is 6. The second-order valence-electron chi connectivity index (χ2n) is 7.39. The highest BCUT2D eigenvalue weighted by Gasteiger charge is 2.34. The molecule has 0 spiro atoms. The van der Waals surface area contributed by atoms with Crippen molar-refractivity contribution in [2.75, 3.05) is 18.6 Å². The van der Waals surface area contributed by atoms with Crippen LogP contribution in [0.4, 0.5) is 0 Å². The fourth-order valence-corrected chi connectivity index (χ4v) is 5.85. The van der Waals surface area contributed by atoms with Crippen molar-refractivity contribution in [3.63, 3.8) is 0 Å². The van der Waals surface area contributed by atoms with Crippen molar-refractivity contribution in [1.82, 2.24) is 25.1 Å². The van der Waals surface area contributed by atoms with Crippen LogP contribution in [-0.2, 0) is 14.6 Å². The first-order valence-corrected chi connectivity index (χ1v) is 11.9. The molecule has 1 aliphatic heterocycles. The van der Waals surface area contributed by atoms with Gasteiger partial charge in [0.15, 0.2) is 9.84 Å². The van der Waals surface area contributed by atoms with Gasteiger partial charge in [0.1, 0.15) is 0 Å². The van der Waals surface area contributed by atoms with Crippen LogP contribution >= 0.6 is 11.8 Å². The molecule has 3 rings (SSSR count). The second kappa shape index (κ2) is 8.20. The Kier molecular flexibility index (Phi) is 6.09. The van der Waals surface area contributed by atoms with E-state index in [1.54, 1.807) is 23.6 Å². The van der Waals surface area contributed by atoms with Crippen LogP contribution in [0.15, 0.2) is 29.4 Å². The molecule has 152 valence electrons. The number of benzene rings is 1. The number of nitrogens with zero attached hydrogens (tertiary/aromatic N) is 5. The Bertz CT molecular complexity index is 940. The quantitative estimate of drug-likeness (QED) is 0.655. The highest BCUT2D eigenvalue weighted by Crippen LogP contribution is 2.26. The van der Waals surface area contributed by atoms with Crippen molar-refractivity contribution in [2.45, 2.75) is 49.6 Å². The third-order valence-electron chi connectivity index (χ3n) is 4.98. The Labute approximate surface area is 169 Å². The van der Waals surface area contributed by atoms with Crippen LogP contribution in [-0.4, -0.2) is 69.3 Å². The minimum absolute atomic E-state index is 0.0343. The fraction of sp³-hybridized carbons (Fsp3) is 0.556. The lowest BCUT2D eigenvalue weighted by molar-refractivity contribution is -0.130. The summed E-state index contributed by atoms with van der Waals surface area (Å²) in [6.07, 6.45) is 0.488. The molecule has 0 aliphatic carbocycles. The average Bonchev–Trinajstić information content (AvgIpc) is 3.26. The van der Waals surface area contributed by atoms with Gasteiger partial charge in [0.25, 0.3) is 0 Å². The number of sulfone groups is 1. The Morgan fingerprint density at radius 2 is 1.93 bits per heavy atom. The lowest BCUT2D eigenvalue weighted by atomic mass is 10.0. The summed E-state index contributed by atoms with van der Waals surface area (Å²) in [5, 5.41) is 11.9. The van der Waals surface area contributed by atoms with Gasteiger partial charge in [0.05, 0.1) is 22.4 Å². The first-order chi connectivity index (χ1) is 13.2. The minimum Gasteiger partial charge on any atom is -0.341 e. The molecular weight excluding hydrogens is 398 g/mol. The highest BCUT2D eigenvalue weighted by atomic mass is 32.2. The van der Waals surface area contributed by atoms with Crippen LogP contribution in [0, 0.1) is 0 Å². The molecular formula is C18H25N5O3S2. The number of carbonyl (C=O) groups excluding carboxylic acids is 1. The smallest absolute Gasteiger partial charge is 0.235 e. The Hall–Kier alpha value is -1.94.